The minimum absolute atomic E-state index is 0.0662. The van der Waals surface area contributed by atoms with Gasteiger partial charge in [-0.25, -0.2) is 0 Å². The van der Waals surface area contributed by atoms with Crippen molar-refractivity contribution in [3.63, 3.8) is 0 Å². The topological polar surface area (TPSA) is 53.6 Å². The van der Waals surface area contributed by atoms with Gasteiger partial charge < -0.3 is 15.4 Å². The van der Waals surface area contributed by atoms with E-state index in [0.717, 1.165) is 30.2 Å². The summed E-state index contributed by atoms with van der Waals surface area (Å²) in [5.74, 6) is 0.585. The molecule has 1 saturated heterocycles. The summed E-state index contributed by atoms with van der Waals surface area (Å²) in [6.07, 6.45) is 0. The number of anilines is 1. The van der Waals surface area contributed by atoms with Crippen LogP contribution in [0.2, 0.25) is 5.02 Å². The number of ether oxygens (including phenoxy) is 1. The van der Waals surface area contributed by atoms with Gasteiger partial charge in [-0.15, -0.1) is 0 Å². The summed E-state index contributed by atoms with van der Waals surface area (Å²) >= 11 is 6.36. The lowest BCUT2D eigenvalue weighted by molar-refractivity contribution is -0.118. The van der Waals surface area contributed by atoms with Gasteiger partial charge in [0.05, 0.1) is 19.3 Å². The first-order chi connectivity index (χ1) is 12.2. The Hall–Kier alpha value is -2.08. The number of nitrogens with one attached hydrogen (secondary N) is 2. The fourth-order valence-electron chi connectivity index (χ4n) is 3.11. The van der Waals surface area contributed by atoms with Gasteiger partial charge in [0, 0.05) is 30.7 Å². The molecule has 5 nitrogen and oxygen atoms in total. The van der Waals surface area contributed by atoms with Crippen LogP contribution in [0.25, 0.3) is 0 Å². The number of carbonyl (C=O) groups excluding carboxylic acids is 1. The number of piperazine rings is 1. The molecule has 1 unspecified atom stereocenters. The molecule has 1 fully saturated rings. The highest BCUT2D eigenvalue weighted by Crippen LogP contribution is 2.28. The molecule has 1 aliphatic heterocycles. The van der Waals surface area contributed by atoms with Gasteiger partial charge >= 0.3 is 0 Å². The summed E-state index contributed by atoms with van der Waals surface area (Å²) in [6, 6.07) is 15.3. The Morgan fingerprint density at radius 1 is 1.28 bits per heavy atom. The van der Waals surface area contributed by atoms with E-state index in [0.29, 0.717) is 18.0 Å². The molecule has 0 aliphatic carbocycles. The van der Waals surface area contributed by atoms with E-state index in [9.17, 15) is 4.79 Å². The lowest BCUT2D eigenvalue weighted by Crippen LogP contribution is -2.48. The summed E-state index contributed by atoms with van der Waals surface area (Å²) in [6.45, 7) is 2.71. The molecule has 0 radical (unpaired) electrons. The van der Waals surface area contributed by atoms with E-state index in [1.807, 2.05) is 48.5 Å². The molecule has 1 atom stereocenters. The molecule has 0 aromatic heterocycles. The van der Waals surface area contributed by atoms with Crippen LogP contribution < -0.4 is 15.4 Å². The fraction of sp³-hybridized carbons (Fsp3) is 0.316. The molecule has 6 heteroatoms. The predicted molar refractivity (Wildman–Crippen MR) is 100 cm³/mol. The van der Waals surface area contributed by atoms with Crippen molar-refractivity contribution in [1.29, 1.82) is 0 Å². The molecule has 1 amide bonds. The second-order valence-electron chi connectivity index (χ2n) is 5.96. The van der Waals surface area contributed by atoms with Crippen LogP contribution in [-0.2, 0) is 4.79 Å². The van der Waals surface area contributed by atoms with Crippen molar-refractivity contribution in [3.05, 3.63) is 59.1 Å². The third-order valence-corrected chi connectivity index (χ3v) is 4.69. The average Bonchev–Trinajstić information content (AvgIpc) is 2.63. The third-order valence-electron chi connectivity index (χ3n) is 4.35. The van der Waals surface area contributed by atoms with Gasteiger partial charge in [0.2, 0.25) is 5.91 Å². The zero-order valence-corrected chi connectivity index (χ0v) is 14.9. The van der Waals surface area contributed by atoms with Gasteiger partial charge in [-0.2, -0.15) is 0 Å². The van der Waals surface area contributed by atoms with Crippen LogP contribution in [0.3, 0.4) is 0 Å². The van der Waals surface area contributed by atoms with Gasteiger partial charge in [-0.05, 0) is 23.8 Å². The second-order valence-corrected chi connectivity index (χ2v) is 6.37. The predicted octanol–water partition coefficient (Wildman–Crippen LogP) is 2.93. The molecular formula is C19H22ClN3O2. The van der Waals surface area contributed by atoms with E-state index in [2.05, 4.69) is 15.5 Å². The standard InChI is InChI=1S/C19H22ClN3O2/c1-25-18-9-5-4-8-16(18)22-19(24)13-23-11-10-21-12-17(23)14-6-2-3-7-15(14)20/h2-9,17,21H,10-13H2,1H3,(H,22,24). The maximum Gasteiger partial charge on any atom is 0.238 e. The van der Waals surface area contributed by atoms with Gasteiger partial charge in [0.25, 0.3) is 0 Å². The van der Waals surface area contributed by atoms with E-state index in [1.54, 1.807) is 7.11 Å². The number of nitrogens with zero attached hydrogens (tertiary/aromatic N) is 1. The lowest BCUT2D eigenvalue weighted by atomic mass is 10.0. The Morgan fingerprint density at radius 3 is 2.84 bits per heavy atom. The van der Waals surface area contributed by atoms with Crippen molar-refractivity contribution in [2.45, 2.75) is 6.04 Å². The van der Waals surface area contributed by atoms with Crippen LogP contribution in [0, 0.1) is 0 Å². The fourth-order valence-corrected chi connectivity index (χ4v) is 3.37. The largest absolute Gasteiger partial charge is 0.495 e. The number of para-hydroxylation sites is 2. The first kappa shape index (κ1) is 17.7. The van der Waals surface area contributed by atoms with Crippen molar-refractivity contribution in [1.82, 2.24) is 10.2 Å². The molecule has 25 heavy (non-hydrogen) atoms. The summed E-state index contributed by atoms with van der Waals surface area (Å²) in [4.78, 5) is 14.7. The molecule has 1 aliphatic rings. The van der Waals surface area contributed by atoms with Crippen LogP contribution in [0.1, 0.15) is 11.6 Å². The minimum Gasteiger partial charge on any atom is -0.495 e. The summed E-state index contributed by atoms with van der Waals surface area (Å²) in [7, 11) is 1.59. The Bertz CT molecular complexity index is 738. The van der Waals surface area contributed by atoms with E-state index in [4.69, 9.17) is 16.3 Å². The number of carbonyl (C=O) groups is 1. The molecule has 1 heterocycles. The van der Waals surface area contributed by atoms with Crippen molar-refractivity contribution in [2.24, 2.45) is 0 Å². The number of hydrogen-bond acceptors (Lipinski definition) is 4. The second kappa shape index (κ2) is 8.34. The van der Waals surface area contributed by atoms with Crippen molar-refractivity contribution in [2.75, 3.05) is 38.6 Å². The van der Waals surface area contributed by atoms with E-state index >= 15 is 0 Å². The van der Waals surface area contributed by atoms with Gasteiger partial charge in [-0.3, -0.25) is 9.69 Å². The van der Waals surface area contributed by atoms with Crippen LogP contribution in [-0.4, -0.2) is 44.1 Å². The Balaban J connectivity index is 1.71. The zero-order valence-electron chi connectivity index (χ0n) is 14.2. The number of rotatable bonds is 5. The lowest BCUT2D eigenvalue weighted by Gasteiger charge is -2.36. The highest BCUT2D eigenvalue weighted by Gasteiger charge is 2.27. The monoisotopic (exact) mass is 359 g/mol. The number of amides is 1. The normalized spacial score (nSPS) is 17.9. The number of halogens is 1. The van der Waals surface area contributed by atoms with Gasteiger partial charge in [0.1, 0.15) is 5.75 Å². The van der Waals surface area contributed by atoms with Gasteiger partial charge in [0.15, 0.2) is 0 Å². The van der Waals surface area contributed by atoms with Crippen molar-refractivity contribution in [3.8, 4) is 5.75 Å². The molecule has 0 bridgehead atoms. The van der Waals surface area contributed by atoms with Crippen LogP contribution >= 0.6 is 11.6 Å². The SMILES string of the molecule is COc1ccccc1NC(=O)CN1CCNCC1c1ccccc1Cl. The van der Waals surface area contributed by atoms with E-state index in [-0.39, 0.29) is 11.9 Å². The number of benzene rings is 2. The molecule has 2 aromatic carbocycles. The highest BCUT2D eigenvalue weighted by molar-refractivity contribution is 6.31. The van der Waals surface area contributed by atoms with Crippen LogP contribution in [0.5, 0.6) is 5.75 Å². The quantitative estimate of drug-likeness (QED) is 0.861. The van der Waals surface area contributed by atoms with Crippen LogP contribution in [0.15, 0.2) is 48.5 Å². The Kier molecular flexibility index (Phi) is 5.91. The first-order valence-corrected chi connectivity index (χ1v) is 8.69. The molecule has 0 spiro atoms. The molecule has 3 rings (SSSR count). The number of methoxy groups -OCH3 is 1. The third kappa shape index (κ3) is 4.31. The Morgan fingerprint density at radius 2 is 2.04 bits per heavy atom. The van der Waals surface area contributed by atoms with E-state index < -0.39 is 0 Å². The number of hydrogen-bond donors (Lipinski definition) is 2. The average molecular weight is 360 g/mol. The summed E-state index contributed by atoms with van der Waals surface area (Å²) < 4.78 is 5.29. The maximum absolute atomic E-state index is 12.5. The molecule has 2 N–H and O–H groups in total. The molecule has 2 aromatic rings. The highest BCUT2D eigenvalue weighted by atomic mass is 35.5. The Labute approximate surface area is 152 Å². The summed E-state index contributed by atoms with van der Waals surface area (Å²) in [5.41, 5.74) is 1.72. The molecule has 132 valence electrons. The van der Waals surface area contributed by atoms with Crippen molar-refractivity contribution < 1.29 is 9.53 Å². The smallest absolute Gasteiger partial charge is 0.238 e. The summed E-state index contributed by atoms with van der Waals surface area (Å²) in [5, 5.41) is 7.04. The maximum atomic E-state index is 12.5. The zero-order chi connectivity index (χ0) is 17.6. The van der Waals surface area contributed by atoms with Crippen molar-refractivity contribution >= 4 is 23.2 Å². The van der Waals surface area contributed by atoms with E-state index in [1.165, 1.54) is 0 Å². The van der Waals surface area contributed by atoms with Crippen LogP contribution in [0.4, 0.5) is 5.69 Å². The molecular weight excluding hydrogens is 338 g/mol. The first-order valence-electron chi connectivity index (χ1n) is 8.31. The van der Waals surface area contributed by atoms with Gasteiger partial charge in [-0.1, -0.05) is 41.9 Å². The molecule has 0 saturated carbocycles. The minimum atomic E-state index is -0.0662.